The van der Waals surface area contributed by atoms with E-state index in [0.717, 1.165) is 18.9 Å². The lowest BCUT2D eigenvalue weighted by molar-refractivity contribution is -0.116. The summed E-state index contributed by atoms with van der Waals surface area (Å²) in [5.41, 5.74) is 5.24. The van der Waals surface area contributed by atoms with Crippen molar-refractivity contribution in [2.24, 2.45) is 11.7 Å². The Morgan fingerprint density at radius 2 is 2.16 bits per heavy atom. The molecule has 1 fully saturated rings. The molecule has 1 atom stereocenters. The van der Waals surface area contributed by atoms with Crippen LogP contribution in [0.2, 0.25) is 0 Å². The molecule has 19 heavy (non-hydrogen) atoms. The van der Waals surface area contributed by atoms with Gasteiger partial charge in [-0.1, -0.05) is 6.07 Å². The summed E-state index contributed by atoms with van der Waals surface area (Å²) < 4.78 is 13.4. The summed E-state index contributed by atoms with van der Waals surface area (Å²) in [4.78, 5) is 22.7. The van der Waals surface area contributed by atoms with E-state index in [1.807, 2.05) is 0 Å². The van der Waals surface area contributed by atoms with Gasteiger partial charge in [-0.2, -0.15) is 0 Å². The third-order valence-electron chi connectivity index (χ3n) is 3.15. The first-order valence-corrected chi connectivity index (χ1v) is 6.06. The monoisotopic (exact) mass is 266 g/mol. The predicted octanol–water partition coefficient (Wildman–Crippen LogP) is 1.59. The number of aromatic carboxylic acids is 1. The molecule has 0 heterocycles. The second-order valence-electron chi connectivity index (χ2n) is 4.72. The zero-order valence-corrected chi connectivity index (χ0v) is 10.2. The molecule has 1 amide bonds. The van der Waals surface area contributed by atoms with Gasteiger partial charge in [-0.3, -0.25) is 4.79 Å². The molecule has 6 heteroatoms. The van der Waals surface area contributed by atoms with E-state index < -0.39 is 23.3 Å². The van der Waals surface area contributed by atoms with E-state index in [2.05, 4.69) is 5.32 Å². The highest BCUT2D eigenvalue weighted by Gasteiger charge is 2.30. The van der Waals surface area contributed by atoms with Crippen LogP contribution in [0.1, 0.15) is 29.6 Å². The molecule has 0 radical (unpaired) electrons. The van der Waals surface area contributed by atoms with Gasteiger partial charge in [-0.05, 0) is 30.9 Å². The average molecular weight is 266 g/mol. The van der Waals surface area contributed by atoms with Gasteiger partial charge in [0, 0.05) is 12.5 Å². The first kappa shape index (κ1) is 13.5. The van der Waals surface area contributed by atoms with Crippen LogP contribution in [-0.2, 0) is 4.79 Å². The van der Waals surface area contributed by atoms with Crippen molar-refractivity contribution in [1.29, 1.82) is 0 Å². The maximum atomic E-state index is 13.4. The van der Waals surface area contributed by atoms with E-state index in [0.29, 0.717) is 5.92 Å². The number of carboxylic acid groups (broad SMARTS) is 1. The van der Waals surface area contributed by atoms with Gasteiger partial charge in [-0.25, -0.2) is 9.18 Å². The number of rotatable bonds is 5. The molecule has 0 aromatic heterocycles. The lowest BCUT2D eigenvalue weighted by Gasteiger charge is -2.12. The van der Waals surface area contributed by atoms with Crippen molar-refractivity contribution in [3.63, 3.8) is 0 Å². The summed E-state index contributed by atoms with van der Waals surface area (Å²) in [6.45, 7) is 0. The van der Waals surface area contributed by atoms with Crippen LogP contribution in [0.4, 0.5) is 10.1 Å². The highest BCUT2D eigenvalue weighted by molar-refractivity contribution is 6.00. The van der Waals surface area contributed by atoms with Crippen molar-refractivity contribution in [3.05, 3.63) is 29.6 Å². The standard InChI is InChI=1S/C13H15FN2O3/c14-8-2-1-3-10(12(8)13(18)19)16-11(17)6-9(15)7-4-5-7/h1-3,7,9H,4-6,15H2,(H,16,17)(H,18,19). The summed E-state index contributed by atoms with van der Waals surface area (Å²) >= 11 is 0. The Hall–Kier alpha value is -1.95. The Bertz CT molecular complexity index is 515. The van der Waals surface area contributed by atoms with E-state index in [1.165, 1.54) is 12.1 Å². The summed E-state index contributed by atoms with van der Waals surface area (Å²) in [5, 5.41) is 11.3. The van der Waals surface area contributed by atoms with Crippen LogP contribution in [0, 0.1) is 11.7 Å². The highest BCUT2D eigenvalue weighted by atomic mass is 19.1. The minimum atomic E-state index is -1.42. The average Bonchev–Trinajstić information content (AvgIpc) is 3.11. The molecule has 1 aliphatic rings. The molecule has 0 spiro atoms. The predicted molar refractivity (Wildman–Crippen MR) is 67.3 cm³/mol. The van der Waals surface area contributed by atoms with E-state index in [-0.39, 0.29) is 18.2 Å². The molecule has 1 aliphatic carbocycles. The van der Waals surface area contributed by atoms with E-state index in [4.69, 9.17) is 10.8 Å². The molecule has 102 valence electrons. The summed E-state index contributed by atoms with van der Waals surface area (Å²) in [6.07, 6.45) is 2.16. The van der Waals surface area contributed by atoms with Crippen molar-refractivity contribution in [2.75, 3.05) is 5.32 Å². The second-order valence-corrected chi connectivity index (χ2v) is 4.72. The van der Waals surface area contributed by atoms with Crippen LogP contribution in [0.15, 0.2) is 18.2 Å². The molecule has 0 saturated heterocycles. The minimum absolute atomic E-state index is 0.0412. The largest absolute Gasteiger partial charge is 0.478 e. The van der Waals surface area contributed by atoms with Crippen molar-refractivity contribution in [2.45, 2.75) is 25.3 Å². The van der Waals surface area contributed by atoms with Crippen LogP contribution in [0.3, 0.4) is 0 Å². The number of hydrogen-bond donors (Lipinski definition) is 3. The molecule has 0 bridgehead atoms. The molecule has 2 rings (SSSR count). The van der Waals surface area contributed by atoms with Gasteiger partial charge in [0.05, 0.1) is 5.69 Å². The fraction of sp³-hybridized carbons (Fsp3) is 0.385. The first-order valence-electron chi connectivity index (χ1n) is 6.06. The highest BCUT2D eigenvalue weighted by Crippen LogP contribution is 2.33. The van der Waals surface area contributed by atoms with Crippen LogP contribution < -0.4 is 11.1 Å². The van der Waals surface area contributed by atoms with Gasteiger partial charge < -0.3 is 16.2 Å². The van der Waals surface area contributed by atoms with E-state index >= 15 is 0 Å². The van der Waals surface area contributed by atoms with Crippen molar-refractivity contribution < 1.29 is 19.1 Å². The van der Waals surface area contributed by atoms with Crippen LogP contribution in [0.25, 0.3) is 0 Å². The lowest BCUT2D eigenvalue weighted by Crippen LogP contribution is -2.29. The molecule has 1 aromatic rings. The summed E-state index contributed by atoms with van der Waals surface area (Å²) in [7, 11) is 0. The fourth-order valence-corrected chi connectivity index (χ4v) is 1.95. The number of halogens is 1. The normalized spacial score (nSPS) is 15.9. The Morgan fingerprint density at radius 1 is 1.47 bits per heavy atom. The molecule has 0 aliphatic heterocycles. The van der Waals surface area contributed by atoms with Crippen LogP contribution in [0.5, 0.6) is 0 Å². The maximum absolute atomic E-state index is 13.4. The number of hydrogen-bond acceptors (Lipinski definition) is 3. The minimum Gasteiger partial charge on any atom is -0.478 e. The van der Waals surface area contributed by atoms with E-state index in [9.17, 15) is 14.0 Å². The molecular weight excluding hydrogens is 251 g/mol. The van der Waals surface area contributed by atoms with Crippen molar-refractivity contribution in [3.8, 4) is 0 Å². The molecule has 5 nitrogen and oxygen atoms in total. The van der Waals surface area contributed by atoms with Gasteiger partial charge in [-0.15, -0.1) is 0 Å². The Balaban J connectivity index is 2.07. The van der Waals surface area contributed by atoms with Gasteiger partial charge in [0.15, 0.2) is 0 Å². The van der Waals surface area contributed by atoms with Crippen molar-refractivity contribution >= 4 is 17.6 Å². The van der Waals surface area contributed by atoms with Crippen LogP contribution >= 0.6 is 0 Å². The van der Waals surface area contributed by atoms with Gasteiger partial charge in [0.2, 0.25) is 5.91 Å². The van der Waals surface area contributed by atoms with E-state index in [1.54, 1.807) is 0 Å². The summed E-state index contributed by atoms with van der Waals surface area (Å²) in [6, 6.07) is 3.52. The number of benzene rings is 1. The number of carboxylic acids is 1. The maximum Gasteiger partial charge on any atom is 0.340 e. The molecular formula is C13H15FN2O3. The van der Waals surface area contributed by atoms with Gasteiger partial charge in [0.1, 0.15) is 11.4 Å². The molecule has 1 aromatic carbocycles. The number of carbonyl (C=O) groups excluding carboxylic acids is 1. The quantitative estimate of drug-likeness (QED) is 0.754. The fourth-order valence-electron chi connectivity index (χ4n) is 1.95. The molecule has 4 N–H and O–H groups in total. The van der Waals surface area contributed by atoms with Crippen LogP contribution in [-0.4, -0.2) is 23.0 Å². The lowest BCUT2D eigenvalue weighted by atomic mass is 10.1. The zero-order valence-electron chi connectivity index (χ0n) is 10.2. The van der Waals surface area contributed by atoms with Gasteiger partial charge >= 0.3 is 5.97 Å². The Morgan fingerprint density at radius 3 is 2.74 bits per heavy atom. The number of carbonyl (C=O) groups is 2. The molecule has 1 saturated carbocycles. The number of nitrogens with two attached hydrogens (primary N) is 1. The second kappa shape index (κ2) is 5.36. The number of anilines is 1. The van der Waals surface area contributed by atoms with Gasteiger partial charge in [0.25, 0.3) is 0 Å². The first-order chi connectivity index (χ1) is 8.99. The smallest absolute Gasteiger partial charge is 0.340 e. The van der Waals surface area contributed by atoms with Crippen molar-refractivity contribution in [1.82, 2.24) is 0 Å². The Labute approximate surface area is 109 Å². The zero-order chi connectivity index (χ0) is 14.0. The number of amides is 1. The number of nitrogens with one attached hydrogen (secondary N) is 1. The third kappa shape index (κ3) is 3.29. The Kier molecular flexibility index (Phi) is 3.80. The third-order valence-corrected chi connectivity index (χ3v) is 3.15. The topological polar surface area (TPSA) is 92.4 Å². The SMILES string of the molecule is NC(CC(=O)Nc1cccc(F)c1C(=O)O)C1CC1. The summed E-state index contributed by atoms with van der Waals surface area (Å²) in [5.74, 6) is -2.32. The molecule has 1 unspecified atom stereocenters.